The first-order chi connectivity index (χ1) is 17.6. The van der Waals surface area contributed by atoms with Crippen LogP contribution in [0.5, 0.6) is 0 Å². The van der Waals surface area contributed by atoms with E-state index in [1.54, 1.807) is 13.8 Å². The van der Waals surface area contributed by atoms with Gasteiger partial charge in [-0.3, -0.25) is 0 Å². The van der Waals surface area contributed by atoms with Gasteiger partial charge in [-0.1, -0.05) is 0 Å². The summed E-state index contributed by atoms with van der Waals surface area (Å²) >= 11 is 0. The van der Waals surface area contributed by atoms with Crippen LogP contribution in [0.4, 0.5) is 0 Å². The summed E-state index contributed by atoms with van der Waals surface area (Å²) in [5.74, 6) is 2.48. The van der Waals surface area contributed by atoms with Crippen LogP contribution in [0.1, 0.15) is 94.5 Å². The average molecular weight is 519 g/mol. The first-order valence-electron chi connectivity index (χ1n) is 14.7. The molecule has 2 aliphatic rings. The molecule has 0 saturated carbocycles. The molecule has 0 N–H and O–H groups in total. The molecule has 0 amide bonds. The van der Waals surface area contributed by atoms with Crippen molar-refractivity contribution in [2.24, 2.45) is 0 Å². The Balaban J connectivity index is 1.85. The van der Waals surface area contributed by atoms with Gasteiger partial charge in [-0.2, -0.15) is 0 Å². The van der Waals surface area contributed by atoms with Gasteiger partial charge in [-0.25, -0.2) is 0 Å². The molecule has 2 heteroatoms. The third kappa shape index (κ3) is 4.98. The summed E-state index contributed by atoms with van der Waals surface area (Å²) in [6.07, 6.45) is 26.6. The molecule has 0 saturated heterocycles. The summed E-state index contributed by atoms with van der Waals surface area (Å²) in [7, 11) is 1.56. The zero-order valence-corrected chi connectivity index (χ0v) is 24.8. The second-order valence-corrected chi connectivity index (χ2v) is 19.3. The van der Waals surface area contributed by atoms with E-state index in [1.807, 2.05) is 0 Å². The fourth-order valence-corrected chi connectivity index (χ4v) is 20.1. The molecule has 2 atom stereocenters. The first kappa shape index (κ1) is 27.6. The second kappa shape index (κ2) is 12.4. The van der Waals surface area contributed by atoms with Gasteiger partial charge in [0, 0.05) is 0 Å². The quantitative estimate of drug-likeness (QED) is 0.162. The van der Waals surface area contributed by atoms with Gasteiger partial charge >= 0.3 is 224 Å². The number of fused-ring (bicyclic) bond motifs is 1. The van der Waals surface area contributed by atoms with Crippen molar-refractivity contribution in [1.82, 2.24) is 0 Å². The van der Waals surface area contributed by atoms with E-state index in [1.165, 1.54) is 87.4 Å². The van der Waals surface area contributed by atoms with E-state index in [-0.39, 0.29) is 0 Å². The van der Waals surface area contributed by atoms with E-state index >= 15 is 0 Å². The molecule has 4 rings (SSSR count). The van der Waals surface area contributed by atoms with Crippen molar-refractivity contribution in [1.29, 1.82) is 0 Å². The molecule has 2 unspecified atom stereocenters. The zero-order chi connectivity index (χ0) is 25.3. The molecule has 0 fully saturated rings. The Kier molecular flexibility index (Phi) is 9.47. The minimum atomic E-state index is -2.38. The Morgan fingerprint density at radius 1 is 0.778 bits per heavy atom. The molecule has 1 heterocycles. The van der Waals surface area contributed by atoms with E-state index in [2.05, 4.69) is 105 Å². The Morgan fingerprint density at radius 3 is 2.25 bits per heavy atom. The van der Waals surface area contributed by atoms with Gasteiger partial charge in [0.2, 0.25) is 0 Å². The van der Waals surface area contributed by atoms with Crippen molar-refractivity contribution in [2.45, 2.75) is 89.1 Å². The maximum atomic E-state index is 2.71. The number of unbranched alkanes of at least 4 members (excludes halogenated alkanes) is 5. The van der Waals surface area contributed by atoms with Crippen LogP contribution in [0.3, 0.4) is 0 Å². The summed E-state index contributed by atoms with van der Waals surface area (Å²) in [6, 6.07) is 20.7. The van der Waals surface area contributed by atoms with Crippen LogP contribution in [-0.4, -0.2) is 29.2 Å². The Morgan fingerprint density at radius 2 is 1.53 bits per heavy atom. The Hall–Kier alpha value is -1.48. The molecule has 2 aromatic carbocycles. The molecule has 0 aromatic heterocycles. The molecule has 0 radical (unpaired) electrons. The SMILES string of the molecule is CCCCCCCCP(CCC)(CCc1ccccc1)(C1C=Cc2ccccc21)C1(CC)C=CC=P1. The van der Waals surface area contributed by atoms with Crippen LogP contribution in [0.25, 0.3) is 6.08 Å². The third-order valence-electron chi connectivity index (χ3n) is 9.46. The molecule has 0 spiro atoms. The van der Waals surface area contributed by atoms with Crippen LogP contribution in [0, 0.1) is 0 Å². The van der Waals surface area contributed by atoms with E-state index < -0.39 is 6.60 Å². The molecule has 36 heavy (non-hydrogen) atoms. The molecule has 0 nitrogen and oxygen atoms in total. The van der Waals surface area contributed by atoms with Gasteiger partial charge in [-0.05, 0) is 0 Å². The number of hydrogen-bond acceptors (Lipinski definition) is 0. The van der Waals surface area contributed by atoms with Gasteiger partial charge in [0.1, 0.15) is 0 Å². The van der Waals surface area contributed by atoms with E-state index in [9.17, 15) is 0 Å². The average Bonchev–Trinajstić information content (AvgIpc) is 3.59. The predicted molar refractivity (Wildman–Crippen MR) is 169 cm³/mol. The third-order valence-corrected chi connectivity index (χ3v) is 21.5. The number of rotatable bonds is 15. The topological polar surface area (TPSA) is 0 Å². The van der Waals surface area contributed by atoms with Crippen LogP contribution in [0.2, 0.25) is 0 Å². The van der Waals surface area contributed by atoms with Crippen molar-refractivity contribution in [3.05, 3.63) is 89.5 Å². The van der Waals surface area contributed by atoms with Crippen LogP contribution in [-0.2, 0) is 6.42 Å². The summed E-state index contributed by atoms with van der Waals surface area (Å²) in [6.45, 7) is 4.92. The monoisotopic (exact) mass is 518 g/mol. The van der Waals surface area contributed by atoms with E-state index in [4.69, 9.17) is 0 Å². The minimum absolute atomic E-state index is 0.298. The second-order valence-electron chi connectivity index (χ2n) is 11.3. The van der Waals surface area contributed by atoms with Gasteiger partial charge in [0.15, 0.2) is 0 Å². The summed E-state index contributed by atoms with van der Waals surface area (Å²) in [5.41, 5.74) is 5.22. The van der Waals surface area contributed by atoms with Crippen molar-refractivity contribution >= 4 is 26.7 Å². The van der Waals surface area contributed by atoms with Crippen LogP contribution < -0.4 is 0 Å². The molecule has 0 bridgehead atoms. The molecular weight excluding hydrogens is 470 g/mol. The first-order valence-corrected chi connectivity index (χ1v) is 18.5. The van der Waals surface area contributed by atoms with Gasteiger partial charge < -0.3 is 0 Å². The van der Waals surface area contributed by atoms with Crippen molar-refractivity contribution in [2.75, 3.05) is 18.5 Å². The van der Waals surface area contributed by atoms with Gasteiger partial charge in [-0.15, -0.1) is 0 Å². The fraction of sp³-hybridized carbons (Fsp3) is 0.500. The van der Waals surface area contributed by atoms with Crippen molar-refractivity contribution in [3.8, 4) is 0 Å². The summed E-state index contributed by atoms with van der Waals surface area (Å²) in [5, 5.41) is 0. The normalized spacial score (nSPS) is 22.0. The number of aryl methyl sites for hydroxylation is 1. The van der Waals surface area contributed by atoms with Gasteiger partial charge in [0.05, 0.1) is 0 Å². The van der Waals surface area contributed by atoms with Crippen LogP contribution >= 0.6 is 14.8 Å². The number of benzene rings is 2. The molecule has 1 aliphatic heterocycles. The Labute approximate surface area is 223 Å². The van der Waals surface area contributed by atoms with Crippen molar-refractivity contribution in [3.63, 3.8) is 0 Å². The van der Waals surface area contributed by atoms with Gasteiger partial charge in [0.25, 0.3) is 0 Å². The van der Waals surface area contributed by atoms with Crippen molar-refractivity contribution < 1.29 is 0 Å². The van der Waals surface area contributed by atoms with E-state index in [0.29, 0.717) is 10.6 Å². The standard InChI is InChI=1S/C34H48P2/c1-4-7-8-9-10-16-28-36(27-5-2,34(6-3)25-17-26-35-34,29-24-30-18-12-11-13-19-30)33-23-22-31-20-14-15-21-32(31)33/h11-15,17-23,25-26,33H,4-10,16,24,27-29H2,1-3H3. The zero-order valence-electron chi connectivity index (χ0n) is 23.0. The maximum absolute atomic E-state index is 2.71. The molecule has 194 valence electrons. The predicted octanol–water partition coefficient (Wildman–Crippen LogP) is 10.7. The Bertz CT molecular complexity index is 1050. The molecule has 1 aliphatic carbocycles. The summed E-state index contributed by atoms with van der Waals surface area (Å²) in [4.78, 5) is 0.298. The fourth-order valence-electron chi connectivity index (χ4n) is 7.70. The van der Waals surface area contributed by atoms with Crippen LogP contribution in [0.15, 0.2) is 72.8 Å². The number of hydrogen-bond donors (Lipinski definition) is 0. The molecular formula is C34H48P2. The number of allylic oxidation sites excluding steroid dienone is 3. The summed E-state index contributed by atoms with van der Waals surface area (Å²) < 4.78 is 0. The van der Waals surface area contributed by atoms with E-state index in [0.717, 1.165) is 0 Å². The molecule has 2 aromatic rings.